The van der Waals surface area contributed by atoms with Gasteiger partial charge in [-0.1, -0.05) is 0 Å². The lowest BCUT2D eigenvalue weighted by Gasteiger charge is -2.32. The predicted octanol–water partition coefficient (Wildman–Crippen LogP) is 1.83. The normalized spacial score (nSPS) is 21.6. The van der Waals surface area contributed by atoms with Crippen molar-refractivity contribution in [1.82, 2.24) is 14.9 Å². The standard InChI is InChI=1S/C16H21F3N4O3.C2HF3O2/c1-25-4-2-23-9-15(7-14(23)24)8-22(3-5-26-10-15)13-6-12(16(17,18)19)20-11-21-13;3-2(4,5)1(6)7/h6,11H,2-5,7-10H2,1H3;(H,6,7). The van der Waals surface area contributed by atoms with Crippen LogP contribution in [-0.2, 0) is 25.2 Å². The van der Waals surface area contributed by atoms with Gasteiger partial charge < -0.3 is 24.4 Å². The Labute approximate surface area is 184 Å². The second-order valence-electron chi connectivity index (χ2n) is 7.52. The van der Waals surface area contributed by atoms with Gasteiger partial charge in [0.2, 0.25) is 5.91 Å². The number of aromatic nitrogens is 2. The van der Waals surface area contributed by atoms with Crippen LogP contribution in [0.2, 0.25) is 0 Å². The largest absolute Gasteiger partial charge is 0.490 e. The van der Waals surface area contributed by atoms with Crippen LogP contribution in [0.3, 0.4) is 0 Å². The summed E-state index contributed by atoms with van der Waals surface area (Å²) in [4.78, 5) is 32.0. The Kier molecular flexibility index (Phi) is 8.46. The van der Waals surface area contributed by atoms with Crippen molar-refractivity contribution >= 4 is 17.7 Å². The molecule has 9 nitrogen and oxygen atoms in total. The Morgan fingerprint density at radius 2 is 1.91 bits per heavy atom. The number of alkyl halides is 6. The van der Waals surface area contributed by atoms with Gasteiger partial charge in [-0.15, -0.1) is 0 Å². The molecule has 0 aromatic carbocycles. The first-order valence-electron chi connectivity index (χ1n) is 9.56. The maximum atomic E-state index is 12.9. The highest BCUT2D eigenvalue weighted by atomic mass is 19.4. The highest BCUT2D eigenvalue weighted by Crippen LogP contribution is 2.36. The summed E-state index contributed by atoms with van der Waals surface area (Å²) in [5.74, 6) is -2.56. The van der Waals surface area contributed by atoms with Crippen LogP contribution in [0.4, 0.5) is 32.2 Å². The molecule has 15 heteroatoms. The molecule has 186 valence electrons. The Bertz CT molecular complexity index is 837. The number of carboxylic acid groups (broad SMARTS) is 1. The number of amides is 1. The van der Waals surface area contributed by atoms with Gasteiger partial charge in [0.1, 0.15) is 17.8 Å². The smallest absolute Gasteiger partial charge is 0.475 e. The van der Waals surface area contributed by atoms with E-state index in [1.807, 2.05) is 0 Å². The van der Waals surface area contributed by atoms with Crippen LogP contribution in [0.25, 0.3) is 0 Å². The van der Waals surface area contributed by atoms with Crippen molar-refractivity contribution in [3.63, 3.8) is 0 Å². The topological polar surface area (TPSA) is 105 Å². The van der Waals surface area contributed by atoms with Crippen molar-refractivity contribution in [1.29, 1.82) is 0 Å². The van der Waals surface area contributed by atoms with Crippen molar-refractivity contribution in [2.75, 3.05) is 58.0 Å². The van der Waals surface area contributed by atoms with Crippen LogP contribution in [-0.4, -0.2) is 91.1 Å². The Morgan fingerprint density at radius 3 is 2.48 bits per heavy atom. The molecular formula is C18H22F6N4O5. The Morgan fingerprint density at radius 1 is 1.24 bits per heavy atom. The summed E-state index contributed by atoms with van der Waals surface area (Å²) in [6, 6.07) is 0.943. The van der Waals surface area contributed by atoms with Crippen molar-refractivity contribution < 1.29 is 50.5 Å². The third kappa shape index (κ3) is 7.42. The molecule has 2 aliphatic heterocycles. The number of rotatable bonds is 4. The first kappa shape index (κ1) is 26.6. The fourth-order valence-electron chi connectivity index (χ4n) is 3.45. The highest BCUT2D eigenvalue weighted by Gasteiger charge is 2.46. The number of ether oxygens (including phenoxy) is 2. The third-order valence-electron chi connectivity index (χ3n) is 4.92. The average molecular weight is 488 g/mol. The molecule has 0 aliphatic carbocycles. The molecule has 1 unspecified atom stereocenters. The molecule has 0 radical (unpaired) electrons. The summed E-state index contributed by atoms with van der Waals surface area (Å²) in [6.45, 7) is 2.97. The lowest BCUT2D eigenvalue weighted by atomic mass is 9.87. The summed E-state index contributed by atoms with van der Waals surface area (Å²) in [5, 5.41) is 7.12. The van der Waals surface area contributed by atoms with Crippen LogP contribution in [0, 0.1) is 5.41 Å². The minimum atomic E-state index is -5.08. The van der Waals surface area contributed by atoms with Gasteiger partial charge in [-0.2, -0.15) is 26.3 Å². The fraction of sp³-hybridized carbons (Fsp3) is 0.667. The van der Waals surface area contributed by atoms with Crippen molar-refractivity contribution in [2.24, 2.45) is 5.41 Å². The van der Waals surface area contributed by atoms with Gasteiger partial charge in [0.25, 0.3) is 0 Å². The number of halogens is 6. The molecule has 33 heavy (non-hydrogen) atoms. The summed E-state index contributed by atoms with van der Waals surface area (Å²) >= 11 is 0. The number of methoxy groups -OCH3 is 1. The molecule has 1 aromatic heterocycles. The Hall–Kier alpha value is -2.68. The molecule has 0 bridgehead atoms. The molecule has 1 atom stereocenters. The van der Waals surface area contributed by atoms with E-state index in [1.165, 1.54) is 0 Å². The SMILES string of the molecule is COCCN1CC2(COCCN(c3cc(C(F)(F)F)ncn3)C2)CC1=O.O=C(O)C(F)(F)F. The van der Waals surface area contributed by atoms with Gasteiger partial charge in [0.15, 0.2) is 0 Å². The van der Waals surface area contributed by atoms with Gasteiger partial charge in [0.05, 0.1) is 19.8 Å². The summed E-state index contributed by atoms with van der Waals surface area (Å²) < 4.78 is 81.2. The average Bonchev–Trinajstić information content (AvgIpc) is 2.88. The van der Waals surface area contributed by atoms with E-state index in [4.69, 9.17) is 19.4 Å². The van der Waals surface area contributed by atoms with E-state index < -0.39 is 29.4 Å². The minimum Gasteiger partial charge on any atom is -0.475 e. The van der Waals surface area contributed by atoms with Gasteiger partial charge in [-0.25, -0.2) is 14.8 Å². The van der Waals surface area contributed by atoms with E-state index in [-0.39, 0.29) is 11.7 Å². The van der Waals surface area contributed by atoms with Crippen molar-refractivity contribution in [3.05, 3.63) is 18.1 Å². The zero-order valence-corrected chi connectivity index (χ0v) is 17.4. The van der Waals surface area contributed by atoms with E-state index in [1.54, 1.807) is 16.9 Å². The number of hydrogen-bond donors (Lipinski definition) is 1. The number of carboxylic acids is 1. The van der Waals surface area contributed by atoms with Crippen LogP contribution in [0.15, 0.2) is 12.4 Å². The van der Waals surface area contributed by atoms with E-state index in [0.29, 0.717) is 52.4 Å². The first-order valence-corrected chi connectivity index (χ1v) is 9.56. The molecule has 1 aromatic rings. The monoisotopic (exact) mass is 488 g/mol. The summed E-state index contributed by atoms with van der Waals surface area (Å²) in [5.41, 5.74) is -1.45. The van der Waals surface area contributed by atoms with E-state index in [0.717, 1.165) is 12.4 Å². The van der Waals surface area contributed by atoms with Gasteiger partial charge in [-0.05, 0) is 0 Å². The molecule has 2 fully saturated rings. The molecule has 3 heterocycles. The fourth-order valence-corrected chi connectivity index (χ4v) is 3.45. The Balaban J connectivity index is 0.000000479. The molecule has 1 N–H and O–H groups in total. The molecule has 2 saturated heterocycles. The molecule has 2 aliphatic rings. The van der Waals surface area contributed by atoms with E-state index in [9.17, 15) is 31.1 Å². The summed E-state index contributed by atoms with van der Waals surface area (Å²) in [7, 11) is 1.57. The number of likely N-dealkylation sites (tertiary alicyclic amines) is 1. The first-order chi connectivity index (χ1) is 15.3. The zero-order chi connectivity index (χ0) is 24.9. The van der Waals surface area contributed by atoms with Crippen molar-refractivity contribution in [2.45, 2.75) is 18.8 Å². The van der Waals surface area contributed by atoms with Gasteiger partial charge in [-0.3, -0.25) is 4.79 Å². The number of carbonyl (C=O) groups is 2. The number of aliphatic carboxylic acids is 1. The van der Waals surface area contributed by atoms with Crippen LogP contribution in [0.5, 0.6) is 0 Å². The van der Waals surface area contributed by atoms with Crippen LogP contribution < -0.4 is 4.90 Å². The third-order valence-corrected chi connectivity index (χ3v) is 4.92. The molecule has 1 amide bonds. The van der Waals surface area contributed by atoms with Crippen LogP contribution >= 0.6 is 0 Å². The van der Waals surface area contributed by atoms with Crippen molar-refractivity contribution in [3.8, 4) is 0 Å². The molecule has 3 rings (SSSR count). The number of anilines is 1. The number of hydrogen-bond acceptors (Lipinski definition) is 7. The van der Waals surface area contributed by atoms with Gasteiger partial charge >= 0.3 is 18.3 Å². The minimum absolute atomic E-state index is 0.00571. The lowest BCUT2D eigenvalue weighted by Crippen LogP contribution is -2.41. The molecule has 0 saturated carbocycles. The zero-order valence-electron chi connectivity index (χ0n) is 17.4. The molecule has 1 spiro atoms. The number of nitrogens with zero attached hydrogens (tertiary/aromatic N) is 4. The second kappa shape index (κ2) is 10.5. The maximum absolute atomic E-state index is 12.9. The van der Waals surface area contributed by atoms with E-state index in [2.05, 4.69) is 9.97 Å². The second-order valence-corrected chi connectivity index (χ2v) is 7.52. The van der Waals surface area contributed by atoms with E-state index >= 15 is 0 Å². The maximum Gasteiger partial charge on any atom is 0.490 e. The van der Waals surface area contributed by atoms with Gasteiger partial charge in [0, 0.05) is 51.2 Å². The summed E-state index contributed by atoms with van der Waals surface area (Å²) in [6.07, 6.45) is -8.40. The number of carbonyl (C=O) groups excluding carboxylic acids is 1. The predicted molar refractivity (Wildman–Crippen MR) is 99.3 cm³/mol. The molecular weight excluding hydrogens is 466 g/mol. The van der Waals surface area contributed by atoms with Crippen LogP contribution in [0.1, 0.15) is 12.1 Å². The highest BCUT2D eigenvalue weighted by molar-refractivity contribution is 5.79. The quantitative estimate of drug-likeness (QED) is 0.641. The lowest BCUT2D eigenvalue weighted by molar-refractivity contribution is -0.192.